The summed E-state index contributed by atoms with van der Waals surface area (Å²) in [6.07, 6.45) is 10.1. The second-order valence-corrected chi connectivity index (χ2v) is 6.76. The number of nitrogens with one attached hydrogen (secondary N) is 1. The maximum absolute atomic E-state index is 12.6. The van der Waals surface area contributed by atoms with Crippen molar-refractivity contribution in [1.82, 2.24) is 24.7 Å². The molecule has 0 radical (unpaired) electrons. The van der Waals surface area contributed by atoms with E-state index in [4.69, 9.17) is 11.6 Å². The van der Waals surface area contributed by atoms with E-state index in [0.717, 1.165) is 25.2 Å². The number of hydrogen-bond donors (Lipinski definition) is 1. The molecule has 0 spiro atoms. The van der Waals surface area contributed by atoms with Gasteiger partial charge < -0.3 is 10.2 Å². The molecule has 4 heterocycles. The minimum absolute atomic E-state index is 0.0503. The number of hydrogen-bond acceptors (Lipinski definition) is 6. The Bertz CT molecular complexity index is 914. The van der Waals surface area contributed by atoms with Crippen LogP contribution in [0.4, 0.5) is 11.6 Å². The number of nitrogens with zero attached hydrogens (tertiary/aromatic N) is 6. The number of rotatable bonds is 4. The molecule has 0 aliphatic carbocycles. The summed E-state index contributed by atoms with van der Waals surface area (Å²) in [4.78, 5) is 27.7. The maximum Gasteiger partial charge on any atom is 0.230 e. The molecule has 3 aromatic rings. The van der Waals surface area contributed by atoms with Crippen LogP contribution in [0.25, 0.3) is 5.82 Å². The number of carbonyl (C=O) groups excluding carboxylic acids is 1. The second kappa shape index (κ2) is 7.71. The molecule has 1 fully saturated rings. The Morgan fingerprint density at radius 2 is 2.11 bits per heavy atom. The van der Waals surface area contributed by atoms with Gasteiger partial charge in [0.15, 0.2) is 5.82 Å². The minimum atomic E-state index is -0.147. The molecule has 1 atom stereocenters. The van der Waals surface area contributed by atoms with E-state index in [0.29, 0.717) is 23.2 Å². The van der Waals surface area contributed by atoms with Gasteiger partial charge in [-0.05, 0) is 31.0 Å². The third-order valence-electron chi connectivity index (χ3n) is 4.44. The van der Waals surface area contributed by atoms with Gasteiger partial charge in [0.05, 0.1) is 23.3 Å². The summed E-state index contributed by atoms with van der Waals surface area (Å²) in [6.45, 7) is 1.41. The molecule has 9 heteroatoms. The van der Waals surface area contributed by atoms with Crippen molar-refractivity contribution in [1.29, 1.82) is 0 Å². The number of aromatic nitrogens is 5. The molecule has 27 heavy (non-hydrogen) atoms. The van der Waals surface area contributed by atoms with Gasteiger partial charge in [-0.1, -0.05) is 11.6 Å². The van der Waals surface area contributed by atoms with Crippen molar-refractivity contribution in [2.75, 3.05) is 23.3 Å². The van der Waals surface area contributed by atoms with E-state index in [1.165, 1.54) is 6.20 Å². The molecule has 1 unspecified atom stereocenters. The van der Waals surface area contributed by atoms with Crippen LogP contribution in [0, 0.1) is 5.92 Å². The van der Waals surface area contributed by atoms with E-state index in [2.05, 4.69) is 30.3 Å². The summed E-state index contributed by atoms with van der Waals surface area (Å²) < 4.78 is 1.66. The molecule has 3 aromatic heterocycles. The third-order valence-corrected chi connectivity index (χ3v) is 4.67. The number of piperidine rings is 1. The standard InChI is InChI=1S/C18H18ClN7O/c19-14-4-5-15(21-9-14)23-18(27)13-3-1-7-25(12-13)16-10-20-11-17(24-16)26-8-2-6-22-26/h2,4-6,8-11,13H,1,3,7,12H2,(H,21,23,27). The van der Waals surface area contributed by atoms with Crippen LogP contribution in [0.5, 0.6) is 0 Å². The number of anilines is 2. The van der Waals surface area contributed by atoms with Gasteiger partial charge in [-0.2, -0.15) is 5.10 Å². The molecule has 0 bridgehead atoms. The van der Waals surface area contributed by atoms with Gasteiger partial charge in [0.2, 0.25) is 5.91 Å². The molecule has 1 saturated heterocycles. The van der Waals surface area contributed by atoms with Crippen LogP contribution in [0.15, 0.2) is 49.2 Å². The SMILES string of the molecule is O=C(Nc1ccc(Cl)cn1)C1CCCN(c2cncc(-n3cccn3)n2)C1. The summed E-state index contributed by atoms with van der Waals surface area (Å²) in [5.41, 5.74) is 0. The Balaban J connectivity index is 1.45. The van der Waals surface area contributed by atoms with E-state index in [1.54, 1.807) is 35.4 Å². The zero-order chi connectivity index (χ0) is 18.6. The van der Waals surface area contributed by atoms with Crippen molar-refractivity contribution in [3.63, 3.8) is 0 Å². The van der Waals surface area contributed by atoms with E-state index in [1.807, 2.05) is 12.3 Å². The Kier molecular flexibility index (Phi) is 4.97. The lowest BCUT2D eigenvalue weighted by molar-refractivity contribution is -0.120. The lowest BCUT2D eigenvalue weighted by Crippen LogP contribution is -2.41. The van der Waals surface area contributed by atoms with Crippen molar-refractivity contribution >= 4 is 29.1 Å². The highest BCUT2D eigenvalue weighted by molar-refractivity contribution is 6.30. The molecule has 1 N–H and O–H groups in total. The number of amides is 1. The summed E-state index contributed by atoms with van der Waals surface area (Å²) in [6, 6.07) is 5.23. The summed E-state index contributed by atoms with van der Waals surface area (Å²) in [5.74, 6) is 1.69. The van der Waals surface area contributed by atoms with Crippen LogP contribution >= 0.6 is 11.6 Å². The average Bonchev–Trinajstić information content (AvgIpc) is 3.25. The van der Waals surface area contributed by atoms with Gasteiger partial charge in [0, 0.05) is 31.7 Å². The Hall–Kier alpha value is -3.00. The summed E-state index contributed by atoms with van der Waals surface area (Å²) in [7, 11) is 0. The predicted octanol–water partition coefficient (Wildman–Crippen LogP) is 2.57. The number of halogens is 1. The van der Waals surface area contributed by atoms with Gasteiger partial charge in [-0.15, -0.1) is 0 Å². The van der Waals surface area contributed by atoms with Crippen molar-refractivity contribution < 1.29 is 4.79 Å². The van der Waals surface area contributed by atoms with E-state index in [-0.39, 0.29) is 11.8 Å². The van der Waals surface area contributed by atoms with Crippen LogP contribution in [-0.2, 0) is 4.79 Å². The van der Waals surface area contributed by atoms with Crippen LogP contribution in [0.1, 0.15) is 12.8 Å². The minimum Gasteiger partial charge on any atom is -0.354 e. The van der Waals surface area contributed by atoms with E-state index in [9.17, 15) is 4.79 Å². The lowest BCUT2D eigenvalue weighted by Gasteiger charge is -2.32. The third kappa shape index (κ3) is 4.06. The molecule has 0 saturated carbocycles. The topological polar surface area (TPSA) is 88.8 Å². The maximum atomic E-state index is 12.6. The van der Waals surface area contributed by atoms with E-state index >= 15 is 0 Å². The fraction of sp³-hybridized carbons (Fsp3) is 0.278. The predicted molar refractivity (Wildman–Crippen MR) is 102 cm³/mol. The molecule has 1 aliphatic heterocycles. The quantitative estimate of drug-likeness (QED) is 0.744. The van der Waals surface area contributed by atoms with Crippen LogP contribution < -0.4 is 10.2 Å². The molecule has 1 aliphatic rings. The fourth-order valence-corrected chi connectivity index (χ4v) is 3.20. The van der Waals surface area contributed by atoms with Crippen LogP contribution in [0.3, 0.4) is 0 Å². The highest BCUT2D eigenvalue weighted by Gasteiger charge is 2.27. The molecule has 0 aromatic carbocycles. The van der Waals surface area contributed by atoms with Gasteiger partial charge in [0.1, 0.15) is 11.6 Å². The first-order valence-electron chi connectivity index (χ1n) is 8.68. The van der Waals surface area contributed by atoms with Gasteiger partial charge in [0.25, 0.3) is 0 Å². The van der Waals surface area contributed by atoms with Gasteiger partial charge in [-0.3, -0.25) is 9.78 Å². The van der Waals surface area contributed by atoms with Gasteiger partial charge in [-0.25, -0.2) is 14.6 Å². The smallest absolute Gasteiger partial charge is 0.230 e. The normalized spacial score (nSPS) is 16.9. The van der Waals surface area contributed by atoms with Crippen molar-refractivity contribution in [2.24, 2.45) is 5.92 Å². The number of carbonyl (C=O) groups is 1. The fourth-order valence-electron chi connectivity index (χ4n) is 3.09. The first-order chi connectivity index (χ1) is 13.2. The van der Waals surface area contributed by atoms with E-state index < -0.39 is 0 Å². The second-order valence-electron chi connectivity index (χ2n) is 6.32. The first kappa shape index (κ1) is 17.4. The highest BCUT2D eigenvalue weighted by Crippen LogP contribution is 2.23. The van der Waals surface area contributed by atoms with Crippen molar-refractivity contribution in [2.45, 2.75) is 12.8 Å². The Labute approximate surface area is 161 Å². The molecule has 8 nitrogen and oxygen atoms in total. The average molecular weight is 384 g/mol. The molecule has 1 amide bonds. The van der Waals surface area contributed by atoms with Crippen LogP contribution in [0.2, 0.25) is 5.02 Å². The van der Waals surface area contributed by atoms with Crippen molar-refractivity contribution in [3.8, 4) is 5.82 Å². The largest absolute Gasteiger partial charge is 0.354 e. The van der Waals surface area contributed by atoms with Crippen molar-refractivity contribution in [3.05, 3.63) is 54.2 Å². The molecular weight excluding hydrogens is 366 g/mol. The molecular formula is C18H18ClN7O. The number of pyridine rings is 1. The summed E-state index contributed by atoms with van der Waals surface area (Å²) in [5, 5.41) is 7.58. The zero-order valence-corrected chi connectivity index (χ0v) is 15.3. The molecule has 4 rings (SSSR count). The van der Waals surface area contributed by atoms with Gasteiger partial charge >= 0.3 is 0 Å². The Morgan fingerprint density at radius 3 is 2.89 bits per heavy atom. The first-order valence-corrected chi connectivity index (χ1v) is 9.06. The Morgan fingerprint density at radius 1 is 1.22 bits per heavy atom. The zero-order valence-electron chi connectivity index (χ0n) is 14.5. The lowest BCUT2D eigenvalue weighted by atomic mass is 9.97. The van der Waals surface area contributed by atoms with Crippen LogP contribution in [-0.4, -0.2) is 43.7 Å². The highest BCUT2D eigenvalue weighted by atomic mass is 35.5. The monoisotopic (exact) mass is 383 g/mol. The summed E-state index contributed by atoms with van der Waals surface area (Å²) >= 11 is 5.83. The molecule has 138 valence electrons.